The smallest absolute Gasteiger partial charge is 0.127 e. The summed E-state index contributed by atoms with van der Waals surface area (Å²) < 4.78 is 5.93. The minimum Gasteiger partial charge on any atom is -0.457 e. The van der Waals surface area contributed by atoms with Gasteiger partial charge >= 0.3 is 0 Å². The molecule has 3 aromatic rings. The summed E-state index contributed by atoms with van der Waals surface area (Å²) in [4.78, 5) is 5.67. The minimum absolute atomic E-state index is 0.419. The zero-order valence-corrected chi connectivity index (χ0v) is 15.7. The van der Waals surface area contributed by atoms with Gasteiger partial charge in [0.15, 0.2) is 0 Å². The normalized spacial score (nSPS) is 20.1. The fourth-order valence-corrected chi connectivity index (χ4v) is 3.96. The first kappa shape index (κ1) is 17.5. The maximum Gasteiger partial charge on any atom is 0.127 e. The van der Waals surface area contributed by atoms with Gasteiger partial charge in [0, 0.05) is 24.9 Å². The highest BCUT2D eigenvalue weighted by Gasteiger charge is 2.28. The molecule has 2 atom stereocenters. The zero-order chi connectivity index (χ0) is 18.5. The summed E-state index contributed by atoms with van der Waals surface area (Å²) in [6.07, 6.45) is 10.9. The number of para-hydroxylation sites is 1. The van der Waals surface area contributed by atoms with Crippen molar-refractivity contribution >= 4 is 0 Å². The molecule has 3 nitrogen and oxygen atoms in total. The average Bonchev–Trinajstić information content (AvgIpc) is 3.25. The molecular formula is C24H26N2O. The summed E-state index contributed by atoms with van der Waals surface area (Å²) in [5, 5.41) is 0. The number of piperidine rings is 1. The van der Waals surface area contributed by atoms with E-state index in [2.05, 4.69) is 65.6 Å². The monoisotopic (exact) mass is 358 g/mol. The number of aromatic amines is 1. The third kappa shape index (κ3) is 4.08. The first-order chi connectivity index (χ1) is 13.3. The maximum atomic E-state index is 5.93. The van der Waals surface area contributed by atoms with Crippen molar-refractivity contribution < 1.29 is 4.74 Å². The quantitative estimate of drug-likeness (QED) is 0.583. The van der Waals surface area contributed by atoms with Crippen molar-refractivity contribution in [2.45, 2.75) is 31.7 Å². The van der Waals surface area contributed by atoms with Gasteiger partial charge in [-0.1, -0.05) is 36.4 Å². The van der Waals surface area contributed by atoms with Crippen molar-refractivity contribution in [3.05, 3.63) is 96.5 Å². The first-order valence-corrected chi connectivity index (χ1v) is 9.67. The van der Waals surface area contributed by atoms with Gasteiger partial charge in [-0.3, -0.25) is 0 Å². The van der Waals surface area contributed by atoms with Crippen molar-refractivity contribution in [2.75, 3.05) is 6.54 Å². The third-order valence-corrected chi connectivity index (χ3v) is 5.30. The van der Waals surface area contributed by atoms with Crippen LogP contribution in [0.4, 0.5) is 0 Å². The van der Waals surface area contributed by atoms with Crippen LogP contribution in [0.2, 0.25) is 0 Å². The third-order valence-electron chi connectivity index (χ3n) is 5.30. The van der Waals surface area contributed by atoms with Gasteiger partial charge in [0.05, 0.1) is 6.04 Å². The minimum atomic E-state index is 0.419. The summed E-state index contributed by atoms with van der Waals surface area (Å²) in [6, 6.07) is 21.1. The molecule has 0 spiro atoms. The van der Waals surface area contributed by atoms with E-state index in [0.717, 1.165) is 24.5 Å². The summed E-state index contributed by atoms with van der Waals surface area (Å²) in [5.74, 6) is 2.33. The SMILES string of the molecule is CC=CN1C[C@H](c2cc[nH]c2)CCC1c1ccc(Oc2ccccc2)cc1. The zero-order valence-electron chi connectivity index (χ0n) is 15.7. The largest absolute Gasteiger partial charge is 0.457 e. The van der Waals surface area contributed by atoms with E-state index in [1.807, 2.05) is 36.5 Å². The van der Waals surface area contributed by atoms with Gasteiger partial charge in [0.2, 0.25) is 0 Å². The predicted octanol–water partition coefficient (Wildman–Crippen LogP) is 6.26. The van der Waals surface area contributed by atoms with Crippen LogP contribution in [0.3, 0.4) is 0 Å². The molecule has 1 aliphatic heterocycles. The molecule has 138 valence electrons. The van der Waals surface area contributed by atoms with Crippen molar-refractivity contribution in [1.29, 1.82) is 0 Å². The Balaban J connectivity index is 1.48. The number of nitrogens with one attached hydrogen (secondary N) is 1. The van der Waals surface area contributed by atoms with E-state index < -0.39 is 0 Å². The van der Waals surface area contributed by atoms with Gasteiger partial charge in [-0.05, 0) is 67.4 Å². The Kier molecular flexibility index (Phi) is 5.29. The number of ether oxygens (including phenoxy) is 1. The Hall–Kier alpha value is -2.94. The number of nitrogens with zero attached hydrogens (tertiary/aromatic N) is 1. The lowest BCUT2D eigenvalue weighted by atomic mass is 9.86. The van der Waals surface area contributed by atoms with Gasteiger partial charge in [-0.2, -0.15) is 0 Å². The lowest BCUT2D eigenvalue weighted by molar-refractivity contribution is 0.194. The Morgan fingerprint density at radius 1 is 0.926 bits per heavy atom. The van der Waals surface area contributed by atoms with Crippen molar-refractivity contribution in [3.63, 3.8) is 0 Å². The standard InChI is InChI=1S/C24H26N2O/c1-2-16-26-18-21(20-14-15-25-17-20)10-13-24(26)19-8-11-23(12-9-19)27-22-6-4-3-5-7-22/h2-9,11-12,14-17,21,24-25H,10,13,18H2,1H3/t21-,24?/m1/s1. The van der Waals surface area contributed by atoms with Crippen LogP contribution in [0.15, 0.2) is 85.3 Å². The fraction of sp³-hybridized carbons (Fsp3) is 0.250. The van der Waals surface area contributed by atoms with Gasteiger partial charge in [-0.15, -0.1) is 0 Å². The number of aromatic nitrogens is 1. The molecule has 1 N–H and O–H groups in total. The van der Waals surface area contributed by atoms with Crippen LogP contribution in [0, 0.1) is 0 Å². The van der Waals surface area contributed by atoms with Gasteiger partial charge in [-0.25, -0.2) is 0 Å². The van der Waals surface area contributed by atoms with Crippen molar-refractivity contribution in [2.24, 2.45) is 0 Å². The average molecular weight is 358 g/mol. The Bertz CT molecular complexity index is 853. The van der Waals surface area contributed by atoms with E-state index in [1.54, 1.807) is 0 Å². The molecule has 0 amide bonds. The Morgan fingerprint density at radius 3 is 2.41 bits per heavy atom. The van der Waals surface area contributed by atoms with E-state index in [1.165, 1.54) is 17.5 Å². The fourth-order valence-electron chi connectivity index (χ4n) is 3.96. The molecule has 3 heteroatoms. The van der Waals surface area contributed by atoms with Crippen LogP contribution in [-0.4, -0.2) is 16.4 Å². The second-order valence-electron chi connectivity index (χ2n) is 7.10. The molecule has 1 saturated heterocycles. The van der Waals surface area contributed by atoms with E-state index in [0.29, 0.717) is 12.0 Å². The van der Waals surface area contributed by atoms with Crippen LogP contribution in [0.5, 0.6) is 11.5 Å². The lowest BCUT2D eigenvalue weighted by Gasteiger charge is -2.39. The second-order valence-corrected chi connectivity index (χ2v) is 7.10. The molecule has 0 radical (unpaired) electrons. The van der Waals surface area contributed by atoms with Crippen LogP contribution in [0.1, 0.15) is 42.9 Å². The summed E-state index contributed by atoms with van der Waals surface area (Å²) in [6.45, 7) is 3.14. The molecule has 4 rings (SSSR count). The number of hydrogen-bond acceptors (Lipinski definition) is 2. The molecule has 1 aromatic heterocycles. The molecule has 2 heterocycles. The Morgan fingerprint density at radius 2 is 1.70 bits per heavy atom. The highest BCUT2D eigenvalue weighted by Crippen LogP contribution is 2.38. The highest BCUT2D eigenvalue weighted by atomic mass is 16.5. The van der Waals surface area contributed by atoms with Crippen LogP contribution >= 0.6 is 0 Å². The summed E-state index contributed by atoms with van der Waals surface area (Å²) >= 11 is 0. The molecule has 1 fully saturated rings. The topological polar surface area (TPSA) is 28.3 Å². The summed E-state index contributed by atoms with van der Waals surface area (Å²) in [5.41, 5.74) is 2.76. The molecule has 1 aliphatic rings. The number of likely N-dealkylation sites (tertiary alicyclic amines) is 1. The summed E-state index contributed by atoms with van der Waals surface area (Å²) in [7, 11) is 0. The number of H-pyrrole nitrogens is 1. The van der Waals surface area contributed by atoms with Crippen molar-refractivity contribution in [3.8, 4) is 11.5 Å². The van der Waals surface area contributed by atoms with Crippen LogP contribution in [-0.2, 0) is 0 Å². The Labute approximate surface area is 161 Å². The van der Waals surface area contributed by atoms with E-state index in [4.69, 9.17) is 4.74 Å². The molecule has 2 aromatic carbocycles. The van der Waals surface area contributed by atoms with E-state index in [-0.39, 0.29) is 0 Å². The van der Waals surface area contributed by atoms with E-state index in [9.17, 15) is 0 Å². The molecule has 0 saturated carbocycles. The first-order valence-electron chi connectivity index (χ1n) is 9.67. The molecule has 0 aliphatic carbocycles. The molecule has 0 bridgehead atoms. The van der Waals surface area contributed by atoms with Gasteiger partial charge in [0.1, 0.15) is 11.5 Å². The van der Waals surface area contributed by atoms with Crippen molar-refractivity contribution in [1.82, 2.24) is 9.88 Å². The highest BCUT2D eigenvalue weighted by molar-refractivity contribution is 5.34. The lowest BCUT2D eigenvalue weighted by Crippen LogP contribution is -2.33. The number of hydrogen-bond donors (Lipinski definition) is 1. The van der Waals surface area contributed by atoms with Gasteiger partial charge < -0.3 is 14.6 Å². The molecule has 27 heavy (non-hydrogen) atoms. The molecule has 1 unspecified atom stereocenters. The number of rotatable bonds is 5. The maximum absolute atomic E-state index is 5.93. The number of benzene rings is 2. The van der Waals surface area contributed by atoms with Crippen LogP contribution < -0.4 is 4.74 Å². The second kappa shape index (κ2) is 8.17. The van der Waals surface area contributed by atoms with Gasteiger partial charge in [0.25, 0.3) is 0 Å². The number of allylic oxidation sites excluding steroid dienone is 1. The predicted molar refractivity (Wildman–Crippen MR) is 110 cm³/mol. The van der Waals surface area contributed by atoms with Crippen LogP contribution in [0.25, 0.3) is 0 Å². The molecular weight excluding hydrogens is 332 g/mol. The van der Waals surface area contributed by atoms with E-state index >= 15 is 0 Å².